The quantitative estimate of drug-likeness (QED) is 0.847. The summed E-state index contributed by atoms with van der Waals surface area (Å²) in [5.41, 5.74) is 0.813. The molecule has 1 saturated heterocycles. The Balaban J connectivity index is 1.65. The Kier molecular flexibility index (Phi) is 5.44. The SMILES string of the molecule is O=C(c1ccc(Nc2ccc(C(F)(F)F)cc2)cn1)N1CCCCCC1. The number of amides is 1. The average Bonchev–Trinajstić information content (AvgIpc) is 2.91. The van der Waals surface area contributed by atoms with E-state index in [0.717, 1.165) is 50.9 Å². The van der Waals surface area contributed by atoms with Crippen molar-refractivity contribution in [1.29, 1.82) is 0 Å². The number of hydrogen-bond acceptors (Lipinski definition) is 3. The second-order valence-electron chi connectivity index (χ2n) is 6.34. The van der Waals surface area contributed by atoms with Gasteiger partial charge in [0.05, 0.1) is 17.4 Å². The van der Waals surface area contributed by atoms with E-state index in [9.17, 15) is 18.0 Å². The molecule has 1 amide bonds. The third-order valence-corrected chi connectivity index (χ3v) is 4.38. The lowest BCUT2D eigenvalue weighted by molar-refractivity contribution is -0.137. The van der Waals surface area contributed by atoms with E-state index in [-0.39, 0.29) is 5.91 Å². The van der Waals surface area contributed by atoms with Crippen LogP contribution in [0.3, 0.4) is 0 Å². The fraction of sp³-hybridized carbons (Fsp3) is 0.368. The number of halogens is 3. The van der Waals surface area contributed by atoms with Gasteiger partial charge in [0.1, 0.15) is 5.69 Å². The van der Waals surface area contributed by atoms with Crippen LogP contribution in [0.5, 0.6) is 0 Å². The molecule has 1 aliphatic rings. The van der Waals surface area contributed by atoms with Crippen LogP contribution in [-0.2, 0) is 6.18 Å². The normalized spacial score (nSPS) is 15.4. The van der Waals surface area contributed by atoms with Crippen molar-refractivity contribution in [2.24, 2.45) is 0 Å². The summed E-state index contributed by atoms with van der Waals surface area (Å²) < 4.78 is 37.7. The van der Waals surface area contributed by atoms with Gasteiger partial charge in [-0.1, -0.05) is 12.8 Å². The van der Waals surface area contributed by atoms with Gasteiger partial charge >= 0.3 is 6.18 Å². The summed E-state index contributed by atoms with van der Waals surface area (Å²) in [6.07, 6.45) is 1.48. The molecule has 0 unspecified atom stereocenters. The van der Waals surface area contributed by atoms with Crippen LogP contribution >= 0.6 is 0 Å². The minimum atomic E-state index is -4.35. The largest absolute Gasteiger partial charge is 0.416 e. The Hall–Kier alpha value is -2.57. The highest BCUT2D eigenvalue weighted by Crippen LogP contribution is 2.30. The lowest BCUT2D eigenvalue weighted by Crippen LogP contribution is -2.32. The standard InChI is InChI=1S/C19H20F3N3O/c20-19(21,22)14-5-7-15(8-6-14)24-16-9-10-17(23-13-16)18(26)25-11-3-1-2-4-12-25/h5-10,13,24H,1-4,11-12H2. The second-order valence-corrected chi connectivity index (χ2v) is 6.34. The van der Waals surface area contributed by atoms with Crippen molar-refractivity contribution in [3.8, 4) is 0 Å². The molecule has 138 valence electrons. The predicted octanol–water partition coefficient (Wildman–Crippen LogP) is 4.86. The van der Waals surface area contributed by atoms with E-state index < -0.39 is 11.7 Å². The van der Waals surface area contributed by atoms with Gasteiger partial charge in [-0.05, 0) is 49.2 Å². The van der Waals surface area contributed by atoms with Crippen LogP contribution in [0.15, 0.2) is 42.6 Å². The summed E-state index contributed by atoms with van der Waals surface area (Å²) in [6.45, 7) is 1.51. The zero-order valence-corrected chi connectivity index (χ0v) is 14.2. The highest BCUT2D eigenvalue weighted by atomic mass is 19.4. The molecule has 2 heterocycles. The number of alkyl halides is 3. The molecule has 1 N–H and O–H groups in total. The van der Waals surface area contributed by atoms with Gasteiger partial charge in [0, 0.05) is 18.8 Å². The fourth-order valence-corrected chi connectivity index (χ4v) is 2.94. The number of benzene rings is 1. The minimum absolute atomic E-state index is 0.0759. The van der Waals surface area contributed by atoms with Crippen LogP contribution in [0.25, 0.3) is 0 Å². The van der Waals surface area contributed by atoms with Gasteiger partial charge in [0.25, 0.3) is 5.91 Å². The molecule has 0 spiro atoms. The predicted molar refractivity (Wildman–Crippen MR) is 93.3 cm³/mol. The molecular formula is C19H20F3N3O. The first-order valence-corrected chi connectivity index (χ1v) is 8.63. The number of rotatable bonds is 3. The van der Waals surface area contributed by atoms with Crippen LogP contribution < -0.4 is 5.32 Å². The van der Waals surface area contributed by atoms with Crippen LogP contribution in [0.4, 0.5) is 24.5 Å². The van der Waals surface area contributed by atoms with E-state index in [0.29, 0.717) is 17.1 Å². The van der Waals surface area contributed by atoms with Gasteiger partial charge in [0.2, 0.25) is 0 Å². The molecule has 26 heavy (non-hydrogen) atoms. The number of nitrogens with one attached hydrogen (secondary N) is 1. The van der Waals surface area contributed by atoms with E-state index in [1.165, 1.54) is 18.3 Å². The Bertz CT molecular complexity index is 734. The van der Waals surface area contributed by atoms with E-state index in [4.69, 9.17) is 0 Å². The Morgan fingerprint density at radius 3 is 2.08 bits per heavy atom. The van der Waals surface area contributed by atoms with Gasteiger partial charge in [-0.3, -0.25) is 4.79 Å². The Morgan fingerprint density at radius 2 is 1.54 bits per heavy atom. The van der Waals surface area contributed by atoms with Crippen molar-refractivity contribution in [3.63, 3.8) is 0 Å². The molecule has 1 fully saturated rings. The van der Waals surface area contributed by atoms with Crippen LogP contribution in [0.2, 0.25) is 0 Å². The smallest absolute Gasteiger partial charge is 0.354 e. The van der Waals surface area contributed by atoms with E-state index in [2.05, 4.69) is 10.3 Å². The maximum absolute atomic E-state index is 12.6. The maximum Gasteiger partial charge on any atom is 0.416 e. The lowest BCUT2D eigenvalue weighted by Gasteiger charge is -2.19. The summed E-state index contributed by atoms with van der Waals surface area (Å²) in [7, 11) is 0. The fourth-order valence-electron chi connectivity index (χ4n) is 2.94. The third-order valence-electron chi connectivity index (χ3n) is 4.38. The monoisotopic (exact) mass is 363 g/mol. The number of aromatic nitrogens is 1. The molecule has 0 radical (unpaired) electrons. The lowest BCUT2D eigenvalue weighted by atomic mass is 10.2. The first-order valence-electron chi connectivity index (χ1n) is 8.63. The summed E-state index contributed by atoms with van der Waals surface area (Å²) in [5, 5.41) is 2.98. The van der Waals surface area contributed by atoms with Crippen molar-refractivity contribution in [2.45, 2.75) is 31.9 Å². The molecule has 0 atom stereocenters. The van der Waals surface area contributed by atoms with Crippen molar-refractivity contribution in [1.82, 2.24) is 9.88 Å². The number of anilines is 2. The summed E-state index contributed by atoms with van der Waals surface area (Å²) in [5.74, 6) is -0.0759. The minimum Gasteiger partial charge on any atom is -0.354 e. The van der Waals surface area contributed by atoms with Crippen LogP contribution in [0, 0.1) is 0 Å². The van der Waals surface area contributed by atoms with E-state index >= 15 is 0 Å². The van der Waals surface area contributed by atoms with Gasteiger partial charge < -0.3 is 10.2 Å². The van der Waals surface area contributed by atoms with Gasteiger partial charge in [-0.15, -0.1) is 0 Å². The Morgan fingerprint density at radius 1 is 0.923 bits per heavy atom. The second kappa shape index (κ2) is 7.76. The van der Waals surface area contributed by atoms with Crippen molar-refractivity contribution in [2.75, 3.05) is 18.4 Å². The number of hydrogen-bond donors (Lipinski definition) is 1. The molecule has 0 bridgehead atoms. The molecule has 3 rings (SSSR count). The van der Waals surface area contributed by atoms with Crippen LogP contribution in [-0.4, -0.2) is 28.9 Å². The molecule has 0 saturated carbocycles. The molecule has 2 aromatic rings. The number of nitrogens with zero attached hydrogens (tertiary/aromatic N) is 2. The topological polar surface area (TPSA) is 45.2 Å². The molecular weight excluding hydrogens is 343 g/mol. The Labute approximate surface area is 150 Å². The number of carbonyl (C=O) groups is 1. The number of pyridine rings is 1. The highest BCUT2D eigenvalue weighted by Gasteiger charge is 2.29. The molecule has 0 aliphatic carbocycles. The molecule has 7 heteroatoms. The third kappa shape index (κ3) is 4.53. The summed E-state index contributed by atoms with van der Waals surface area (Å²) >= 11 is 0. The van der Waals surface area contributed by atoms with Crippen molar-refractivity contribution < 1.29 is 18.0 Å². The molecule has 4 nitrogen and oxygen atoms in total. The van der Waals surface area contributed by atoms with Crippen molar-refractivity contribution in [3.05, 3.63) is 53.9 Å². The van der Waals surface area contributed by atoms with Crippen LogP contribution in [0.1, 0.15) is 41.7 Å². The summed E-state index contributed by atoms with van der Waals surface area (Å²) in [4.78, 5) is 18.5. The highest BCUT2D eigenvalue weighted by molar-refractivity contribution is 5.92. The summed E-state index contributed by atoms with van der Waals surface area (Å²) in [6, 6.07) is 8.10. The number of likely N-dealkylation sites (tertiary alicyclic amines) is 1. The molecule has 1 aromatic heterocycles. The first-order chi connectivity index (χ1) is 12.4. The zero-order valence-electron chi connectivity index (χ0n) is 14.2. The maximum atomic E-state index is 12.6. The molecule has 1 aliphatic heterocycles. The van der Waals surface area contributed by atoms with Gasteiger partial charge in [0.15, 0.2) is 0 Å². The van der Waals surface area contributed by atoms with Crippen molar-refractivity contribution >= 4 is 17.3 Å². The average molecular weight is 363 g/mol. The first kappa shape index (κ1) is 18.2. The molecule has 1 aromatic carbocycles. The van der Waals surface area contributed by atoms with Gasteiger partial charge in [-0.2, -0.15) is 13.2 Å². The zero-order chi connectivity index (χ0) is 18.6. The van der Waals surface area contributed by atoms with E-state index in [1.54, 1.807) is 12.1 Å². The van der Waals surface area contributed by atoms with Gasteiger partial charge in [-0.25, -0.2) is 4.98 Å². The van der Waals surface area contributed by atoms with E-state index in [1.807, 2.05) is 4.90 Å². The number of carbonyl (C=O) groups excluding carboxylic acids is 1.